The van der Waals surface area contributed by atoms with Crippen LogP contribution < -0.4 is 0 Å². The van der Waals surface area contributed by atoms with E-state index >= 15 is 0 Å². The Hall–Kier alpha value is -0.560. The molecule has 0 amide bonds. The third-order valence-electron chi connectivity index (χ3n) is 1.82. The van der Waals surface area contributed by atoms with Gasteiger partial charge >= 0.3 is 0 Å². The highest BCUT2D eigenvalue weighted by Crippen LogP contribution is 2.27. The van der Waals surface area contributed by atoms with Crippen LogP contribution in [0, 0.1) is 0 Å². The van der Waals surface area contributed by atoms with Gasteiger partial charge in [0, 0.05) is 5.03 Å². The van der Waals surface area contributed by atoms with Crippen molar-refractivity contribution in [1.29, 1.82) is 0 Å². The second-order valence-corrected chi connectivity index (χ2v) is 3.09. The zero-order chi connectivity index (χ0) is 8.10. The van der Waals surface area contributed by atoms with Gasteiger partial charge in [-0.1, -0.05) is 17.7 Å². The topological polar surface area (TPSA) is 17.1 Å². The van der Waals surface area contributed by atoms with Gasteiger partial charge < -0.3 is 0 Å². The lowest BCUT2D eigenvalue weighted by Crippen LogP contribution is -1.92. The van der Waals surface area contributed by atoms with Crippen LogP contribution in [0.15, 0.2) is 22.8 Å². The lowest BCUT2D eigenvalue weighted by atomic mass is 9.99. The van der Waals surface area contributed by atoms with Crippen molar-refractivity contribution < 1.29 is 4.79 Å². The van der Waals surface area contributed by atoms with Gasteiger partial charge in [0.1, 0.15) is 6.29 Å². The average Bonchev–Trinajstić information content (AvgIpc) is 2.03. The fourth-order valence-electron chi connectivity index (χ4n) is 1.22. The average molecular weight is 171 g/mol. The number of halogens is 1. The van der Waals surface area contributed by atoms with Crippen LogP contribution in [-0.4, -0.2) is 6.29 Å². The Labute approximate surface area is 71.7 Å². The van der Waals surface area contributed by atoms with Crippen LogP contribution in [0.1, 0.15) is 25.7 Å². The van der Waals surface area contributed by atoms with Crippen molar-refractivity contribution in [3.63, 3.8) is 0 Å². The maximum atomic E-state index is 10.0. The lowest BCUT2D eigenvalue weighted by molar-refractivity contribution is -0.104. The molecule has 0 aromatic carbocycles. The first-order valence-corrected chi connectivity index (χ1v) is 4.22. The molecule has 11 heavy (non-hydrogen) atoms. The fraction of sp³-hybridized carbons (Fsp3) is 0.444. The first-order valence-electron chi connectivity index (χ1n) is 3.84. The smallest absolute Gasteiger partial charge is 0.142 e. The Morgan fingerprint density at radius 2 is 2.00 bits per heavy atom. The number of aldehydes is 1. The Morgan fingerprint density at radius 1 is 1.27 bits per heavy atom. The molecular weight excluding hydrogens is 160 g/mol. The molecule has 0 aromatic rings. The van der Waals surface area contributed by atoms with Crippen LogP contribution in [-0.2, 0) is 4.79 Å². The highest BCUT2D eigenvalue weighted by molar-refractivity contribution is 6.30. The summed E-state index contributed by atoms with van der Waals surface area (Å²) >= 11 is 5.93. The summed E-state index contributed by atoms with van der Waals surface area (Å²) in [6.45, 7) is 0. The summed E-state index contributed by atoms with van der Waals surface area (Å²) in [4.78, 5) is 10.0. The molecule has 0 aliphatic heterocycles. The van der Waals surface area contributed by atoms with Crippen molar-refractivity contribution in [1.82, 2.24) is 0 Å². The van der Waals surface area contributed by atoms with E-state index in [1.807, 2.05) is 6.08 Å². The summed E-state index contributed by atoms with van der Waals surface area (Å²) in [5, 5.41) is 0.925. The van der Waals surface area contributed by atoms with E-state index in [2.05, 4.69) is 0 Å². The monoisotopic (exact) mass is 170 g/mol. The molecule has 0 aromatic heterocycles. The predicted octanol–water partition coefficient (Wildman–Crippen LogP) is 2.81. The Kier molecular flexibility index (Phi) is 3.37. The van der Waals surface area contributed by atoms with Crippen LogP contribution in [0.5, 0.6) is 0 Å². The van der Waals surface area contributed by atoms with E-state index in [9.17, 15) is 4.79 Å². The highest BCUT2D eigenvalue weighted by atomic mass is 35.5. The molecule has 0 atom stereocenters. The minimum atomic E-state index is 0.784. The summed E-state index contributed by atoms with van der Waals surface area (Å²) in [7, 11) is 0. The van der Waals surface area contributed by atoms with Gasteiger partial charge in [0.05, 0.1) is 0 Å². The Bertz CT molecular complexity index is 204. The first kappa shape index (κ1) is 8.54. The maximum absolute atomic E-state index is 10.0. The number of carbonyl (C=O) groups is 1. The molecule has 0 saturated carbocycles. The molecule has 1 rings (SSSR count). The summed E-state index contributed by atoms with van der Waals surface area (Å²) < 4.78 is 0. The highest BCUT2D eigenvalue weighted by Gasteiger charge is 2.07. The SMILES string of the molecule is O=C/C=C/C1=C(Cl)CCCC1. The molecule has 60 valence electrons. The van der Waals surface area contributed by atoms with E-state index in [-0.39, 0.29) is 0 Å². The van der Waals surface area contributed by atoms with Crippen LogP contribution in [0.25, 0.3) is 0 Å². The van der Waals surface area contributed by atoms with Crippen molar-refractivity contribution in [2.24, 2.45) is 0 Å². The summed E-state index contributed by atoms with van der Waals surface area (Å²) in [5.74, 6) is 0. The molecule has 0 spiro atoms. The van der Waals surface area contributed by atoms with Crippen molar-refractivity contribution in [2.45, 2.75) is 25.7 Å². The molecule has 0 N–H and O–H groups in total. The standard InChI is InChI=1S/C9H11ClO/c10-9-6-2-1-4-8(9)5-3-7-11/h3,5,7H,1-2,4,6H2/b5-3+. The fourth-order valence-corrected chi connectivity index (χ4v) is 1.51. The van der Waals surface area contributed by atoms with Crippen molar-refractivity contribution >= 4 is 17.9 Å². The number of rotatable bonds is 2. The molecule has 0 unspecified atom stereocenters. The lowest BCUT2D eigenvalue weighted by Gasteiger charge is -2.11. The quantitative estimate of drug-likeness (QED) is 0.460. The van der Waals surface area contributed by atoms with Gasteiger partial charge in [-0.25, -0.2) is 0 Å². The molecule has 0 heterocycles. The van der Waals surface area contributed by atoms with Crippen molar-refractivity contribution in [3.8, 4) is 0 Å². The predicted molar refractivity (Wildman–Crippen MR) is 46.6 cm³/mol. The van der Waals surface area contributed by atoms with Gasteiger partial charge in [0.25, 0.3) is 0 Å². The minimum absolute atomic E-state index is 0.784. The third kappa shape index (κ3) is 2.51. The summed E-state index contributed by atoms with van der Waals surface area (Å²) in [6.07, 6.45) is 8.46. The molecule has 2 heteroatoms. The molecule has 1 nitrogen and oxygen atoms in total. The van der Waals surface area contributed by atoms with E-state index in [0.717, 1.165) is 29.7 Å². The number of hydrogen-bond donors (Lipinski definition) is 0. The van der Waals surface area contributed by atoms with E-state index in [1.165, 1.54) is 18.9 Å². The van der Waals surface area contributed by atoms with Crippen LogP contribution in [0.4, 0.5) is 0 Å². The molecular formula is C9H11ClO. The summed E-state index contributed by atoms with van der Waals surface area (Å²) in [6, 6.07) is 0. The van der Waals surface area contributed by atoms with Gasteiger partial charge in [0.2, 0.25) is 0 Å². The van der Waals surface area contributed by atoms with Crippen molar-refractivity contribution in [3.05, 3.63) is 22.8 Å². The normalized spacial score (nSPS) is 19.4. The van der Waals surface area contributed by atoms with Crippen LogP contribution in [0.2, 0.25) is 0 Å². The third-order valence-corrected chi connectivity index (χ3v) is 2.25. The maximum Gasteiger partial charge on any atom is 0.142 e. The van der Waals surface area contributed by atoms with Crippen LogP contribution in [0.3, 0.4) is 0 Å². The van der Waals surface area contributed by atoms with Gasteiger partial charge in [-0.2, -0.15) is 0 Å². The number of carbonyl (C=O) groups excluding carboxylic acids is 1. The zero-order valence-corrected chi connectivity index (χ0v) is 7.10. The van der Waals surface area contributed by atoms with Gasteiger partial charge in [-0.15, -0.1) is 0 Å². The number of hydrogen-bond acceptors (Lipinski definition) is 1. The van der Waals surface area contributed by atoms with Crippen molar-refractivity contribution in [2.75, 3.05) is 0 Å². The Balaban J connectivity index is 2.66. The second-order valence-electron chi connectivity index (χ2n) is 2.63. The first-order chi connectivity index (χ1) is 5.34. The van der Waals surface area contributed by atoms with E-state index < -0.39 is 0 Å². The zero-order valence-electron chi connectivity index (χ0n) is 6.35. The van der Waals surface area contributed by atoms with Crippen LogP contribution >= 0.6 is 11.6 Å². The second kappa shape index (κ2) is 4.35. The van der Waals surface area contributed by atoms with Gasteiger partial charge in [-0.3, -0.25) is 4.79 Å². The minimum Gasteiger partial charge on any atom is -0.299 e. The molecule has 0 radical (unpaired) electrons. The van der Waals surface area contributed by atoms with E-state index in [1.54, 1.807) is 0 Å². The summed E-state index contributed by atoms with van der Waals surface area (Å²) in [5.41, 5.74) is 1.13. The van der Waals surface area contributed by atoms with Gasteiger partial charge in [0.15, 0.2) is 0 Å². The molecule has 1 aliphatic rings. The molecule has 0 bridgehead atoms. The largest absolute Gasteiger partial charge is 0.299 e. The molecule has 0 saturated heterocycles. The molecule has 1 aliphatic carbocycles. The van der Waals surface area contributed by atoms with E-state index in [4.69, 9.17) is 11.6 Å². The molecule has 0 fully saturated rings. The Morgan fingerprint density at radius 3 is 2.64 bits per heavy atom. The van der Waals surface area contributed by atoms with E-state index in [0.29, 0.717) is 0 Å². The number of allylic oxidation sites excluding steroid dienone is 4. The van der Waals surface area contributed by atoms with Gasteiger partial charge in [-0.05, 0) is 37.3 Å².